The minimum Gasteiger partial charge on any atom is -0.366 e. The Hall–Kier alpha value is -3.63. The third-order valence-electron chi connectivity index (χ3n) is 5.29. The van der Waals surface area contributed by atoms with Crippen LogP contribution in [0.3, 0.4) is 0 Å². The van der Waals surface area contributed by atoms with Crippen LogP contribution in [0.4, 0.5) is 5.69 Å². The van der Waals surface area contributed by atoms with Crippen LogP contribution in [0.1, 0.15) is 15.9 Å². The lowest BCUT2D eigenvalue weighted by atomic mass is 10.1. The van der Waals surface area contributed by atoms with Gasteiger partial charge in [-0.05, 0) is 18.2 Å². The molecule has 0 bridgehead atoms. The number of nitriles is 1. The molecular formula is C22H23N5O2. The monoisotopic (exact) mass is 389 g/mol. The van der Waals surface area contributed by atoms with Crippen LogP contribution in [0.25, 0.3) is 10.9 Å². The molecule has 1 aromatic heterocycles. The highest BCUT2D eigenvalue weighted by molar-refractivity contribution is 5.96. The average molecular weight is 389 g/mol. The van der Waals surface area contributed by atoms with Crippen molar-refractivity contribution in [3.63, 3.8) is 0 Å². The molecule has 7 nitrogen and oxygen atoms in total. The van der Waals surface area contributed by atoms with Gasteiger partial charge in [-0.3, -0.25) is 9.59 Å². The fraction of sp³-hybridized carbons (Fsp3) is 0.227. The summed E-state index contributed by atoms with van der Waals surface area (Å²) in [5.41, 5.74) is 2.01. The van der Waals surface area contributed by atoms with E-state index in [-0.39, 0.29) is 23.2 Å². The number of hydrogen-bond donors (Lipinski definition) is 1. The number of fused-ring (bicyclic) bond motifs is 1. The number of nitrogens with zero attached hydrogens (tertiary/aromatic N) is 4. The highest BCUT2D eigenvalue weighted by Crippen LogP contribution is 2.29. The van der Waals surface area contributed by atoms with Gasteiger partial charge in [-0.15, -0.1) is 0 Å². The van der Waals surface area contributed by atoms with Crippen molar-refractivity contribution in [3.8, 4) is 6.07 Å². The Morgan fingerprint density at radius 1 is 0.966 bits per heavy atom. The fourth-order valence-electron chi connectivity index (χ4n) is 3.81. The SMILES string of the molecule is Cn1c(=O)c(C#N)c(N2CCN(C(=O)c3ccccc3)CC2)c2ccccc21.N. The molecular weight excluding hydrogens is 366 g/mol. The van der Waals surface area contributed by atoms with E-state index in [0.29, 0.717) is 37.4 Å². The van der Waals surface area contributed by atoms with E-state index in [2.05, 4.69) is 11.0 Å². The molecule has 2 heterocycles. The molecule has 1 aliphatic rings. The van der Waals surface area contributed by atoms with Crippen LogP contribution in [0.5, 0.6) is 0 Å². The Morgan fingerprint density at radius 3 is 2.24 bits per heavy atom. The van der Waals surface area contributed by atoms with Crippen molar-refractivity contribution >= 4 is 22.5 Å². The second kappa shape index (κ2) is 8.17. The Morgan fingerprint density at radius 2 is 1.59 bits per heavy atom. The molecule has 1 fully saturated rings. The lowest BCUT2D eigenvalue weighted by molar-refractivity contribution is 0.0747. The highest BCUT2D eigenvalue weighted by Gasteiger charge is 2.26. The van der Waals surface area contributed by atoms with E-state index in [4.69, 9.17) is 0 Å². The first-order valence-corrected chi connectivity index (χ1v) is 9.23. The number of aromatic nitrogens is 1. The van der Waals surface area contributed by atoms with E-state index in [1.807, 2.05) is 59.5 Å². The lowest BCUT2D eigenvalue weighted by Gasteiger charge is -2.37. The number of rotatable bonds is 2. The molecule has 0 radical (unpaired) electrons. The van der Waals surface area contributed by atoms with Crippen molar-refractivity contribution < 1.29 is 4.79 Å². The van der Waals surface area contributed by atoms with Gasteiger partial charge < -0.3 is 20.5 Å². The summed E-state index contributed by atoms with van der Waals surface area (Å²) in [6.45, 7) is 2.24. The van der Waals surface area contributed by atoms with Gasteiger partial charge in [0.1, 0.15) is 11.6 Å². The summed E-state index contributed by atoms with van der Waals surface area (Å²) in [5, 5.41) is 10.5. The second-order valence-electron chi connectivity index (χ2n) is 6.86. The number of anilines is 1. The summed E-state index contributed by atoms with van der Waals surface area (Å²) >= 11 is 0. The van der Waals surface area contributed by atoms with E-state index in [1.54, 1.807) is 7.05 Å². The lowest BCUT2D eigenvalue weighted by Crippen LogP contribution is -2.49. The quantitative estimate of drug-likeness (QED) is 0.725. The van der Waals surface area contributed by atoms with E-state index in [0.717, 1.165) is 10.9 Å². The van der Waals surface area contributed by atoms with E-state index in [1.165, 1.54) is 4.57 Å². The van der Waals surface area contributed by atoms with Crippen molar-refractivity contribution in [3.05, 3.63) is 76.1 Å². The number of amides is 1. The number of aryl methyl sites for hydroxylation is 1. The summed E-state index contributed by atoms with van der Waals surface area (Å²) in [5.74, 6) is 0.00888. The van der Waals surface area contributed by atoms with Crippen molar-refractivity contribution in [2.24, 2.45) is 7.05 Å². The first kappa shape index (κ1) is 20.1. The Bertz CT molecular complexity index is 1140. The molecule has 3 N–H and O–H groups in total. The zero-order valence-corrected chi connectivity index (χ0v) is 16.3. The third kappa shape index (κ3) is 3.46. The van der Waals surface area contributed by atoms with Gasteiger partial charge in [0.25, 0.3) is 11.5 Å². The first-order valence-electron chi connectivity index (χ1n) is 9.23. The van der Waals surface area contributed by atoms with Crippen LogP contribution in [0.15, 0.2) is 59.4 Å². The van der Waals surface area contributed by atoms with Crippen molar-refractivity contribution in [2.45, 2.75) is 0 Å². The Labute approximate surface area is 169 Å². The molecule has 1 aliphatic heterocycles. The van der Waals surface area contributed by atoms with Gasteiger partial charge in [0, 0.05) is 44.2 Å². The topological polar surface area (TPSA) is 104 Å². The number of para-hydroxylation sites is 1. The standard InChI is InChI=1S/C22H20N4O2.H3N/c1-24-19-10-6-5-9-17(19)20(18(15-23)22(24)28)25-11-13-26(14-12-25)21(27)16-7-3-2-4-8-16;/h2-10H,11-14H2,1H3;1H3. The predicted molar refractivity (Wildman–Crippen MR) is 113 cm³/mol. The molecule has 3 aromatic rings. The molecule has 0 spiro atoms. The van der Waals surface area contributed by atoms with E-state index < -0.39 is 0 Å². The van der Waals surface area contributed by atoms with Gasteiger partial charge in [-0.25, -0.2) is 0 Å². The second-order valence-corrected chi connectivity index (χ2v) is 6.86. The van der Waals surface area contributed by atoms with Crippen LogP contribution in [0.2, 0.25) is 0 Å². The van der Waals surface area contributed by atoms with Crippen molar-refractivity contribution in [2.75, 3.05) is 31.1 Å². The first-order chi connectivity index (χ1) is 13.6. The summed E-state index contributed by atoms with van der Waals surface area (Å²) < 4.78 is 1.52. The third-order valence-corrected chi connectivity index (χ3v) is 5.29. The fourth-order valence-corrected chi connectivity index (χ4v) is 3.81. The molecule has 1 amide bonds. The molecule has 29 heavy (non-hydrogen) atoms. The number of piperazine rings is 1. The Kier molecular flexibility index (Phi) is 5.66. The number of hydrogen-bond acceptors (Lipinski definition) is 5. The molecule has 148 valence electrons. The van der Waals surface area contributed by atoms with Crippen molar-refractivity contribution in [1.82, 2.24) is 15.6 Å². The van der Waals surface area contributed by atoms with Gasteiger partial charge in [0.05, 0.1) is 11.2 Å². The summed E-state index contributed by atoms with van der Waals surface area (Å²) in [7, 11) is 1.69. The van der Waals surface area contributed by atoms with Gasteiger partial charge in [0.15, 0.2) is 0 Å². The number of carbonyl (C=O) groups is 1. The van der Waals surface area contributed by atoms with E-state index >= 15 is 0 Å². The summed E-state index contributed by atoms with van der Waals surface area (Å²) in [4.78, 5) is 29.2. The molecule has 0 saturated carbocycles. The maximum Gasteiger partial charge on any atom is 0.270 e. The van der Waals surface area contributed by atoms with Gasteiger partial charge >= 0.3 is 0 Å². The highest BCUT2D eigenvalue weighted by atomic mass is 16.2. The largest absolute Gasteiger partial charge is 0.366 e. The van der Waals surface area contributed by atoms with Gasteiger partial charge in [-0.2, -0.15) is 5.26 Å². The van der Waals surface area contributed by atoms with Crippen LogP contribution < -0.4 is 16.6 Å². The number of benzene rings is 2. The zero-order valence-electron chi connectivity index (χ0n) is 16.3. The number of pyridine rings is 1. The van der Waals surface area contributed by atoms with E-state index in [9.17, 15) is 14.9 Å². The van der Waals surface area contributed by atoms with Gasteiger partial charge in [-0.1, -0.05) is 36.4 Å². The van der Waals surface area contributed by atoms with Gasteiger partial charge in [0.2, 0.25) is 0 Å². The average Bonchev–Trinajstić information content (AvgIpc) is 2.76. The smallest absolute Gasteiger partial charge is 0.270 e. The maximum atomic E-state index is 12.7. The Balaban J connectivity index is 0.00000240. The molecule has 4 rings (SSSR count). The predicted octanol–water partition coefficient (Wildman–Crippen LogP) is 2.53. The molecule has 1 saturated heterocycles. The van der Waals surface area contributed by atoms with Crippen LogP contribution >= 0.6 is 0 Å². The molecule has 7 heteroatoms. The zero-order chi connectivity index (χ0) is 19.7. The van der Waals surface area contributed by atoms with Crippen LogP contribution in [-0.4, -0.2) is 41.6 Å². The summed E-state index contributed by atoms with van der Waals surface area (Å²) in [6.07, 6.45) is 0. The maximum absolute atomic E-state index is 12.7. The molecule has 0 aliphatic carbocycles. The van der Waals surface area contributed by atoms with Crippen LogP contribution in [0, 0.1) is 11.3 Å². The molecule has 0 unspecified atom stereocenters. The normalized spacial score (nSPS) is 13.7. The molecule has 2 aromatic carbocycles. The number of carbonyl (C=O) groups excluding carboxylic acids is 1. The minimum atomic E-state index is -0.293. The summed E-state index contributed by atoms with van der Waals surface area (Å²) in [6, 6.07) is 18.9. The van der Waals surface area contributed by atoms with Crippen LogP contribution in [-0.2, 0) is 7.05 Å². The molecule has 0 atom stereocenters. The van der Waals surface area contributed by atoms with Crippen molar-refractivity contribution in [1.29, 1.82) is 5.26 Å². The minimum absolute atomic E-state index is 0.